The minimum atomic E-state index is -4.89. The second-order valence-corrected chi connectivity index (χ2v) is 8.10. The highest BCUT2D eigenvalue weighted by molar-refractivity contribution is 5.31. The van der Waals surface area contributed by atoms with Gasteiger partial charge in [0.1, 0.15) is 5.67 Å². The van der Waals surface area contributed by atoms with Crippen LogP contribution in [0.2, 0.25) is 0 Å². The van der Waals surface area contributed by atoms with Gasteiger partial charge in [-0.25, -0.2) is 8.78 Å². The molecule has 2 fully saturated rings. The van der Waals surface area contributed by atoms with Crippen molar-refractivity contribution in [1.82, 2.24) is 0 Å². The first-order valence-corrected chi connectivity index (χ1v) is 9.37. The molecule has 0 spiro atoms. The number of ether oxygens (including phenoxy) is 1. The average molecular weight is 376 g/mol. The maximum absolute atomic E-state index is 14.0. The summed E-state index contributed by atoms with van der Waals surface area (Å²) in [5.41, 5.74) is -0.290. The van der Waals surface area contributed by atoms with E-state index >= 15 is 0 Å². The van der Waals surface area contributed by atoms with Crippen molar-refractivity contribution in [3.63, 3.8) is 0 Å². The second-order valence-electron chi connectivity index (χ2n) is 8.10. The quantitative estimate of drug-likeness (QED) is 0.521. The zero-order valence-corrected chi connectivity index (χ0v) is 14.9. The monoisotopic (exact) mass is 376 g/mol. The molecule has 0 saturated heterocycles. The highest BCUT2D eigenvalue weighted by Crippen LogP contribution is 2.45. The topological polar surface area (TPSA) is 9.23 Å². The Balaban J connectivity index is 1.56. The normalized spacial score (nSPS) is 33.1. The van der Waals surface area contributed by atoms with Gasteiger partial charge in [-0.3, -0.25) is 0 Å². The molecule has 0 heterocycles. The molecular weight excluding hydrogens is 351 g/mol. The molecule has 0 radical (unpaired) electrons. The van der Waals surface area contributed by atoms with Crippen LogP contribution < -0.4 is 4.74 Å². The van der Waals surface area contributed by atoms with Crippen LogP contribution in [0.5, 0.6) is 5.75 Å². The fourth-order valence-corrected chi connectivity index (χ4v) is 4.62. The van der Waals surface area contributed by atoms with E-state index in [0.29, 0.717) is 24.7 Å². The minimum absolute atomic E-state index is 0.163. The third-order valence-corrected chi connectivity index (χ3v) is 6.16. The van der Waals surface area contributed by atoms with Crippen LogP contribution in [0.1, 0.15) is 69.8 Å². The highest BCUT2D eigenvalue weighted by atomic mass is 19.4. The fraction of sp³-hybridized carbons (Fsp3) is 0.700. The predicted molar refractivity (Wildman–Crippen MR) is 89.3 cm³/mol. The van der Waals surface area contributed by atoms with E-state index in [-0.39, 0.29) is 5.92 Å². The Hall–Kier alpha value is -1.33. The van der Waals surface area contributed by atoms with Crippen LogP contribution in [0.15, 0.2) is 18.2 Å². The van der Waals surface area contributed by atoms with Crippen LogP contribution in [-0.2, 0) is 0 Å². The van der Waals surface area contributed by atoms with Gasteiger partial charge in [0, 0.05) is 0 Å². The van der Waals surface area contributed by atoms with Crippen molar-refractivity contribution in [1.29, 1.82) is 0 Å². The third kappa shape index (κ3) is 4.89. The van der Waals surface area contributed by atoms with Gasteiger partial charge in [-0.1, -0.05) is 6.07 Å². The molecule has 146 valence electrons. The summed E-state index contributed by atoms with van der Waals surface area (Å²) in [5, 5.41) is 0. The van der Waals surface area contributed by atoms with Crippen molar-refractivity contribution in [2.24, 2.45) is 11.8 Å². The van der Waals surface area contributed by atoms with Crippen molar-refractivity contribution in [3.8, 4) is 5.75 Å². The number of benzene rings is 1. The van der Waals surface area contributed by atoms with Gasteiger partial charge in [-0.2, -0.15) is 0 Å². The van der Waals surface area contributed by atoms with Crippen LogP contribution in [0.25, 0.3) is 0 Å². The Morgan fingerprint density at radius 1 is 0.962 bits per heavy atom. The van der Waals surface area contributed by atoms with Crippen molar-refractivity contribution >= 4 is 0 Å². The zero-order chi connectivity index (χ0) is 18.9. The van der Waals surface area contributed by atoms with Crippen molar-refractivity contribution in [3.05, 3.63) is 29.6 Å². The van der Waals surface area contributed by atoms with E-state index < -0.39 is 23.6 Å². The molecule has 1 aromatic carbocycles. The molecule has 2 aliphatic rings. The largest absolute Gasteiger partial charge is 0.573 e. The second kappa shape index (κ2) is 7.35. The maximum atomic E-state index is 14.0. The summed E-state index contributed by atoms with van der Waals surface area (Å²) in [6.07, 6.45) is 2.05. The van der Waals surface area contributed by atoms with Gasteiger partial charge in [0.15, 0.2) is 11.6 Å². The van der Waals surface area contributed by atoms with Crippen LogP contribution in [0.3, 0.4) is 0 Å². The summed E-state index contributed by atoms with van der Waals surface area (Å²) in [6.45, 7) is 1.68. The van der Waals surface area contributed by atoms with Gasteiger partial charge < -0.3 is 4.74 Å². The van der Waals surface area contributed by atoms with Crippen LogP contribution in [-0.4, -0.2) is 12.0 Å². The smallest absolute Gasteiger partial charge is 0.403 e. The van der Waals surface area contributed by atoms with Crippen LogP contribution in [0.4, 0.5) is 22.0 Å². The van der Waals surface area contributed by atoms with Gasteiger partial charge >= 0.3 is 6.36 Å². The lowest BCUT2D eigenvalue weighted by molar-refractivity contribution is -0.275. The molecule has 2 aliphatic carbocycles. The van der Waals surface area contributed by atoms with Gasteiger partial charge in [-0.05, 0) is 93.7 Å². The summed E-state index contributed by atoms with van der Waals surface area (Å²) in [4.78, 5) is 0. The Labute approximate surface area is 150 Å². The van der Waals surface area contributed by atoms with Crippen LogP contribution in [0, 0.1) is 17.7 Å². The predicted octanol–water partition coefficient (Wildman–Crippen LogP) is 6.92. The van der Waals surface area contributed by atoms with E-state index in [1.54, 1.807) is 6.92 Å². The summed E-state index contributed by atoms with van der Waals surface area (Å²) in [6, 6.07) is 3.76. The lowest BCUT2D eigenvalue weighted by Crippen LogP contribution is -2.31. The van der Waals surface area contributed by atoms with Gasteiger partial charge in [0.05, 0.1) is 0 Å². The molecular formula is C20H25F5O. The van der Waals surface area contributed by atoms with E-state index in [1.807, 2.05) is 0 Å². The first kappa shape index (κ1) is 19.4. The molecule has 0 amide bonds. The molecule has 3 rings (SSSR count). The molecule has 0 N–H and O–H groups in total. The maximum Gasteiger partial charge on any atom is 0.573 e. The Kier molecular flexibility index (Phi) is 5.50. The molecule has 0 unspecified atom stereocenters. The third-order valence-electron chi connectivity index (χ3n) is 6.16. The fourth-order valence-electron chi connectivity index (χ4n) is 4.62. The molecule has 26 heavy (non-hydrogen) atoms. The number of alkyl halides is 4. The lowest BCUT2D eigenvalue weighted by atomic mass is 9.68. The van der Waals surface area contributed by atoms with Gasteiger partial charge in [0.25, 0.3) is 0 Å². The van der Waals surface area contributed by atoms with Crippen molar-refractivity contribution in [2.45, 2.75) is 76.2 Å². The van der Waals surface area contributed by atoms with Gasteiger partial charge in [-0.15, -0.1) is 13.2 Å². The minimum Gasteiger partial charge on any atom is -0.403 e. The number of rotatable bonds is 3. The van der Waals surface area contributed by atoms with E-state index in [4.69, 9.17) is 0 Å². The Bertz CT molecular complexity index is 607. The first-order valence-electron chi connectivity index (χ1n) is 9.37. The van der Waals surface area contributed by atoms with Crippen LogP contribution >= 0.6 is 0 Å². The zero-order valence-electron chi connectivity index (χ0n) is 14.9. The molecule has 0 bridgehead atoms. The number of hydrogen-bond acceptors (Lipinski definition) is 1. The molecule has 1 nitrogen and oxygen atoms in total. The molecule has 2 saturated carbocycles. The molecule has 0 atom stereocenters. The lowest BCUT2D eigenvalue weighted by Gasteiger charge is -2.39. The summed E-state index contributed by atoms with van der Waals surface area (Å²) in [5.74, 6) is -0.447. The van der Waals surface area contributed by atoms with E-state index in [1.165, 1.54) is 12.1 Å². The number of halogens is 5. The summed E-state index contributed by atoms with van der Waals surface area (Å²) < 4.78 is 68.2. The molecule has 6 heteroatoms. The Morgan fingerprint density at radius 3 is 2.08 bits per heavy atom. The molecule has 1 aromatic rings. The van der Waals surface area contributed by atoms with Gasteiger partial charge in [0.2, 0.25) is 0 Å². The van der Waals surface area contributed by atoms with Crippen molar-refractivity contribution < 1.29 is 26.7 Å². The SMILES string of the molecule is CC1(F)CCC(C2CCC(c3ccc(OC(F)(F)F)c(F)c3)CC2)CC1. The highest BCUT2D eigenvalue weighted by Gasteiger charge is 2.36. The summed E-state index contributed by atoms with van der Waals surface area (Å²) in [7, 11) is 0. The Morgan fingerprint density at radius 2 is 1.54 bits per heavy atom. The van der Waals surface area contributed by atoms with E-state index in [9.17, 15) is 22.0 Å². The standard InChI is InChI=1S/C20H25F5O/c1-19(22)10-8-15(9-11-19)13-2-4-14(5-3-13)16-6-7-18(17(21)12-16)26-20(23,24)25/h6-7,12-15H,2-5,8-11H2,1H3. The number of hydrogen-bond donors (Lipinski definition) is 0. The van der Waals surface area contributed by atoms with E-state index in [0.717, 1.165) is 50.2 Å². The first-order chi connectivity index (χ1) is 12.1. The van der Waals surface area contributed by atoms with E-state index in [2.05, 4.69) is 4.74 Å². The molecule has 0 aliphatic heterocycles. The summed E-state index contributed by atoms with van der Waals surface area (Å²) >= 11 is 0. The molecule has 0 aromatic heterocycles. The van der Waals surface area contributed by atoms with Crippen molar-refractivity contribution in [2.75, 3.05) is 0 Å². The average Bonchev–Trinajstić information content (AvgIpc) is 2.56.